The molecular formula is C10H10ClNS. The molecule has 0 radical (unpaired) electrons. The van der Waals surface area contributed by atoms with E-state index in [4.69, 9.17) is 17.3 Å². The maximum absolute atomic E-state index is 6.19. The summed E-state index contributed by atoms with van der Waals surface area (Å²) in [6.45, 7) is 0.659. The Morgan fingerprint density at radius 2 is 2.08 bits per heavy atom. The molecule has 0 aliphatic heterocycles. The van der Waals surface area contributed by atoms with Crippen molar-refractivity contribution in [3.8, 4) is 0 Å². The molecule has 0 atom stereocenters. The minimum Gasteiger partial charge on any atom is -0.330 e. The molecule has 3 heteroatoms. The predicted molar refractivity (Wildman–Crippen MR) is 59.6 cm³/mol. The number of benzene rings is 1. The van der Waals surface area contributed by atoms with Crippen LogP contribution in [0.3, 0.4) is 0 Å². The molecule has 1 nitrogen and oxygen atoms in total. The highest BCUT2D eigenvalue weighted by molar-refractivity contribution is 7.19. The van der Waals surface area contributed by atoms with Gasteiger partial charge in [0.05, 0.1) is 5.02 Å². The van der Waals surface area contributed by atoms with Crippen LogP contribution in [0.15, 0.2) is 24.3 Å². The van der Waals surface area contributed by atoms with E-state index in [0.717, 1.165) is 16.8 Å². The second-order valence-corrected chi connectivity index (χ2v) is 4.39. The lowest BCUT2D eigenvalue weighted by atomic mass is 10.2. The summed E-state index contributed by atoms with van der Waals surface area (Å²) < 4.78 is 1.25. The first-order valence-electron chi connectivity index (χ1n) is 4.19. The predicted octanol–water partition coefficient (Wildman–Crippen LogP) is 3.06. The van der Waals surface area contributed by atoms with Crippen LogP contribution in [-0.4, -0.2) is 6.54 Å². The van der Waals surface area contributed by atoms with Gasteiger partial charge < -0.3 is 5.73 Å². The zero-order chi connectivity index (χ0) is 9.26. The number of hydrogen-bond donors (Lipinski definition) is 1. The lowest BCUT2D eigenvalue weighted by Gasteiger charge is -1.92. The molecule has 2 N–H and O–H groups in total. The Labute approximate surface area is 86.1 Å². The van der Waals surface area contributed by atoms with Crippen LogP contribution >= 0.6 is 22.9 Å². The zero-order valence-electron chi connectivity index (χ0n) is 7.09. The van der Waals surface area contributed by atoms with Crippen LogP contribution in [0.2, 0.25) is 5.02 Å². The van der Waals surface area contributed by atoms with E-state index < -0.39 is 0 Å². The van der Waals surface area contributed by atoms with E-state index in [2.05, 4.69) is 6.07 Å². The van der Waals surface area contributed by atoms with E-state index in [1.807, 2.05) is 18.2 Å². The fourth-order valence-electron chi connectivity index (χ4n) is 1.36. The maximum atomic E-state index is 6.19. The molecular weight excluding hydrogens is 202 g/mol. The SMILES string of the molecule is NCCc1sc2ccccc2c1Cl. The summed E-state index contributed by atoms with van der Waals surface area (Å²) in [6, 6.07) is 8.18. The molecule has 0 fully saturated rings. The van der Waals surface area contributed by atoms with Crippen LogP contribution < -0.4 is 5.73 Å². The van der Waals surface area contributed by atoms with Gasteiger partial charge in [0.1, 0.15) is 0 Å². The highest BCUT2D eigenvalue weighted by Gasteiger charge is 2.07. The molecule has 0 amide bonds. The summed E-state index contributed by atoms with van der Waals surface area (Å²) in [7, 11) is 0. The lowest BCUT2D eigenvalue weighted by Crippen LogP contribution is -2.01. The maximum Gasteiger partial charge on any atom is 0.0624 e. The van der Waals surface area contributed by atoms with Crippen molar-refractivity contribution in [3.05, 3.63) is 34.2 Å². The van der Waals surface area contributed by atoms with Gasteiger partial charge in [-0.3, -0.25) is 0 Å². The second-order valence-electron chi connectivity index (χ2n) is 2.87. The molecule has 0 bridgehead atoms. The van der Waals surface area contributed by atoms with E-state index >= 15 is 0 Å². The quantitative estimate of drug-likeness (QED) is 0.812. The second kappa shape index (κ2) is 3.66. The summed E-state index contributed by atoms with van der Waals surface area (Å²) >= 11 is 7.93. The van der Waals surface area contributed by atoms with Crippen molar-refractivity contribution in [3.63, 3.8) is 0 Å². The van der Waals surface area contributed by atoms with Crippen molar-refractivity contribution in [1.29, 1.82) is 0 Å². The third-order valence-electron chi connectivity index (χ3n) is 1.97. The van der Waals surface area contributed by atoms with Gasteiger partial charge >= 0.3 is 0 Å². The molecule has 68 valence electrons. The van der Waals surface area contributed by atoms with Gasteiger partial charge in [-0.05, 0) is 19.0 Å². The van der Waals surface area contributed by atoms with E-state index in [9.17, 15) is 0 Å². The Balaban J connectivity index is 2.60. The highest BCUT2D eigenvalue weighted by Crippen LogP contribution is 2.34. The van der Waals surface area contributed by atoms with Crippen molar-refractivity contribution < 1.29 is 0 Å². The van der Waals surface area contributed by atoms with Crippen molar-refractivity contribution in [2.75, 3.05) is 6.54 Å². The fraction of sp³-hybridized carbons (Fsp3) is 0.200. The Bertz CT molecular complexity index is 422. The Morgan fingerprint density at radius 3 is 2.77 bits per heavy atom. The van der Waals surface area contributed by atoms with Crippen LogP contribution in [0.5, 0.6) is 0 Å². The molecule has 1 aromatic carbocycles. The molecule has 13 heavy (non-hydrogen) atoms. The van der Waals surface area contributed by atoms with Crippen molar-refractivity contribution >= 4 is 33.0 Å². The molecule has 2 rings (SSSR count). The van der Waals surface area contributed by atoms with Crippen molar-refractivity contribution in [1.82, 2.24) is 0 Å². The van der Waals surface area contributed by atoms with Gasteiger partial charge in [-0.25, -0.2) is 0 Å². The van der Waals surface area contributed by atoms with Gasteiger partial charge in [-0.15, -0.1) is 11.3 Å². The van der Waals surface area contributed by atoms with E-state index in [1.54, 1.807) is 11.3 Å². The molecule has 2 aromatic rings. The van der Waals surface area contributed by atoms with Crippen molar-refractivity contribution in [2.24, 2.45) is 5.73 Å². The van der Waals surface area contributed by atoms with E-state index in [1.165, 1.54) is 9.58 Å². The minimum absolute atomic E-state index is 0.659. The summed E-state index contributed by atoms with van der Waals surface area (Å²) in [5, 5.41) is 2.03. The van der Waals surface area contributed by atoms with Crippen LogP contribution in [0, 0.1) is 0 Å². The summed E-state index contributed by atoms with van der Waals surface area (Å²) in [6.07, 6.45) is 0.873. The van der Waals surface area contributed by atoms with Gasteiger partial charge in [0.2, 0.25) is 0 Å². The minimum atomic E-state index is 0.659. The average Bonchev–Trinajstić information content (AvgIpc) is 2.46. The normalized spacial score (nSPS) is 10.9. The molecule has 1 heterocycles. The van der Waals surface area contributed by atoms with Gasteiger partial charge in [0.25, 0.3) is 0 Å². The Hall–Kier alpha value is -0.570. The van der Waals surface area contributed by atoms with Gasteiger partial charge in [-0.2, -0.15) is 0 Å². The van der Waals surface area contributed by atoms with E-state index in [-0.39, 0.29) is 0 Å². The van der Waals surface area contributed by atoms with Gasteiger partial charge in [-0.1, -0.05) is 29.8 Å². The number of nitrogens with two attached hydrogens (primary N) is 1. The van der Waals surface area contributed by atoms with Crippen LogP contribution in [0.25, 0.3) is 10.1 Å². The third-order valence-corrected chi connectivity index (χ3v) is 3.75. The number of fused-ring (bicyclic) bond motifs is 1. The molecule has 1 aromatic heterocycles. The fourth-order valence-corrected chi connectivity index (χ4v) is 2.90. The average molecular weight is 212 g/mol. The van der Waals surface area contributed by atoms with E-state index in [0.29, 0.717) is 6.54 Å². The Kier molecular flexibility index (Phi) is 2.54. The third kappa shape index (κ3) is 1.57. The van der Waals surface area contributed by atoms with Crippen LogP contribution in [-0.2, 0) is 6.42 Å². The summed E-state index contributed by atoms with van der Waals surface area (Å²) in [5.74, 6) is 0. The lowest BCUT2D eigenvalue weighted by molar-refractivity contribution is 0.989. The monoisotopic (exact) mass is 211 g/mol. The number of rotatable bonds is 2. The molecule has 0 unspecified atom stereocenters. The number of thiophene rings is 1. The zero-order valence-corrected chi connectivity index (χ0v) is 8.66. The van der Waals surface area contributed by atoms with Gasteiger partial charge in [0.15, 0.2) is 0 Å². The molecule has 0 saturated carbocycles. The molecule has 0 aliphatic rings. The smallest absolute Gasteiger partial charge is 0.0624 e. The molecule has 0 aliphatic carbocycles. The highest BCUT2D eigenvalue weighted by atomic mass is 35.5. The largest absolute Gasteiger partial charge is 0.330 e. The topological polar surface area (TPSA) is 26.0 Å². The standard InChI is InChI=1S/C10H10ClNS/c11-10-7-3-1-2-4-8(7)13-9(10)5-6-12/h1-4H,5-6,12H2. The summed E-state index contributed by atoms with van der Waals surface area (Å²) in [4.78, 5) is 1.20. The van der Waals surface area contributed by atoms with Gasteiger partial charge in [0, 0.05) is 15.0 Å². The van der Waals surface area contributed by atoms with Crippen molar-refractivity contribution in [2.45, 2.75) is 6.42 Å². The van der Waals surface area contributed by atoms with Crippen LogP contribution in [0.4, 0.5) is 0 Å². The first-order valence-corrected chi connectivity index (χ1v) is 5.38. The summed E-state index contributed by atoms with van der Waals surface area (Å²) in [5.41, 5.74) is 5.50. The molecule has 0 saturated heterocycles. The molecule has 0 spiro atoms. The van der Waals surface area contributed by atoms with Crippen LogP contribution in [0.1, 0.15) is 4.88 Å². The first-order chi connectivity index (χ1) is 6.33. The number of hydrogen-bond acceptors (Lipinski definition) is 2. The first kappa shape index (κ1) is 9.00. The number of halogens is 1. The Morgan fingerprint density at radius 1 is 1.31 bits per heavy atom.